The summed E-state index contributed by atoms with van der Waals surface area (Å²) >= 11 is 0. The summed E-state index contributed by atoms with van der Waals surface area (Å²) < 4.78 is 13.5. The SMILES string of the molecule is Cc1ccc(C(C)Nc2ccccc2C)cc1F. The fourth-order valence-electron chi connectivity index (χ4n) is 1.93. The van der Waals surface area contributed by atoms with Crippen molar-refractivity contribution in [3.8, 4) is 0 Å². The lowest BCUT2D eigenvalue weighted by atomic mass is 10.1. The predicted molar refractivity (Wildman–Crippen MR) is 74.4 cm³/mol. The molecule has 0 saturated carbocycles. The second kappa shape index (κ2) is 5.21. The van der Waals surface area contributed by atoms with Crippen LogP contribution in [0.25, 0.3) is 0 Å². The van der Waals surface area contributed by atoms with Crippen molar-refractivity contribution in [2.45, 2.75) is 26.8 Å². The summed E-state index contributed by atoms with van der Waals surface area (Å²) in [5.74, 6) is -0.147. The summed E-state index contributed by atoms with van der Waals surface area (Å²) in [5.41, 5.74) is 3.92. The molecular formula is C16H18FN. The number of benzene rings is 2. The molecule has 0 amide bonds. The smallest absolute Gasteiger partial charge is 0.126 e. The van der Waals surface area contributed by atoms with Gasteiger partial charge in [0.15, 0.2) is 0 Å². The molecule has 1 N–H and O–H groups in total. The number of anilines is 1. The van der Waals surface area contributed by atoms with Crippen LogP contribution in [0.1, 0.15) is 29.7 Å². The van der Waals surface area contributed by atoms with E-state index in [0.717, 1.165) is 11.3 Å². The van der Waals surface area contributed by atoms with Crippen molar-refractivity contribution in [2.75, 3.05) is 5.32 Å². The molecule has 0 aliphatic rings. The van der Waals surface area contributed by atoms with Crippen LogP contribution in [-0.4, -0.2) is 0 Å². The molecule has 1 atom stereocenters. The van der Waals surface area contributed by atoms with E-state index < -0.39 is 0 Å². The Labute approximate surface area is 108 Å². The van der Waals surface area contributed by atoms with Crippen LogP contribution in [0.2, 0.25) is 0 Å². The number of nitrogens with one attached hydrogen (secondary N) is 1. The summed E-state index contributed by atoms with van der Waals surface area (Å²) in [4.78, 5) is 0. The molecule has 1 nitrogen and oxygen atoms in total. The normalized spacial score (nSPS) is 12.2. The fourth-order valence-corrected chi connectivity index (χ4v) is 1.93. The Bertz CT molecular complexity index is 549. The van der Waals surface area contributed by atoms with Crippen LogP contribution in [0.4, 0.5) is 10.1 Å². The molecule has 0 aliphatic carbocycles. The van der Waals surface area contributed by atoms with Gasteiger partial charge in [0.1, 0.15) is 5.82 Å². The highest BCUT2D eigenvalue weighted by molar-refractivity contribution is 5.51. The zero-order chi connectivity index (χ0) is 13.1. The summed E-state index contributed by atoms with van der Waals surface area (Å²) in [6, 6.07) is 13.6. The summed E-state index contributed by atoms with van der Waals surface area (Å²) in [6.07, 6.45) is 0. The molecule has 2 aromatic rings. The summed E-state index contributed by atoms with van der Waals surface area (Å²) in [6.45, 7) is 5.87. The van der Waals surface area contributed by atoms with E-state index in [1.165, 1.54) is 5.56 Å². The van der Waals surface area contributed by atoms with Crippen LogP contribution >= 0.6 is 0 Å². The number of aryl methyl sites for hydroxylation is 2. The quantitative estimate of drug-likeness (QED) is 0.829. The van der Waals surface area contributed by atoms with Gasteiger partial charge in [0.2, 0.25) is 0 Å². The predicted octanol–water partition coefficient (Wildman–Crippen LogP) is 4.62. The number of para-hydroxylation sites is 1. The van der Waals surface area contributed by atoms with Crippen molar-refractivity contribution in [3.63, 3.8) is 0 Å². The Hall–Kier alpha value is -1.83. The number of hydrogen-bond donors (Lipinski definition) is 1. The van der Waals surface area contributed by atoms with Gasteiger partial charge < -0.3 is 5.32 Å². The standard InChI is InChI=1S/C16H18FN/c1-11-8-9-14(10-15(11)17)13(3)18-16-7-5-4-6-12(16)2/h4-10,13,18H,1-3H3. The van der Waals surface area contributed by atoms with E-state index in [4.69, 9.17) is 0 Å². The summed E-state index contributed by atoms with van der Waals surface area (Å²) in [7, 11) is 0. The van der Waals surface area contributed by atoms with Gasteiger partial charge in [0.25, 0.3) is 0 Å². The monoisotopic (exact) mass is 243 g/mol. The molecule has 0 heterocycles. The van der Waals surface area contributed by atoms with Crippen LogP contribution in [0.15, 0.2) is 42.5 Å². The van der Waals surface area contributed by atoms with Crippen LogP contribution in [0.3, 0.4) is 0 Å². The van der Waals surface area contributed by atoms with E-state index in [1.54, 1.807) is 13.0 Å². The van der Waals surface area contributed by atoms with Crippen molar-refractivity contribution in [3.05, 3.63) is 65.0 Å². The molecule has 0 fully saturated rings. The largest absolute Gasteiger partial charge is 0.378 e. The van der Waals surface area contributed by atoms with Crippen molar-refractivity contribution in [1.82, 2.24) is 0 Å². The van der Waals surface area contributed by atoms with Gasteiger partial charge >= 0.3 is 0 Å². The average Bonchev–Trinajstić information content (AvgIpc) is 2.35. The molecule has 18 heavy (non-hydrogen) atoms. The zero-order valence-corrected chi connectivity index (χ0v) is 11.0. The van der Waals surface area contributed by atoms with E-state index in [0.29, 0.717) is 5.56 Å². The molecule has 0 bridgehead atoms. The Kier molecular flexibility index (Phi) is 3.66. The number of rotatable bonds is 3. The van der Waals surface area contributed by atoms with Gasteiger partial charge in [-0.25, -0.2) is 4.39 Å². The molecule has 0 radical (unpaired) electrons. The highest BCUT2D eigenvalue weighted by atomic mass is 19.1. The fraction of sp³-hybridized carbons (Fsp3) is 0.250. The Morgan fingerprint density at radius 3 is 2.39 bits per heavy atom. The average molecular weight is 243 g/mol. The van der Waals surface area contributed by atoms with E-state index >= 15 is 0 Å². The molecule has 0 aliphatic heterocycles. The van der Waals surface area contributed by atoms with Gasteiger partial charge in [-0.2, -0.15) is 0 Å². The second-order valence-electron chi connectivity index (χ2n) is 4.69. The van der Waals surface area contributed by atoms with Gasteiger partial charge in [-0.3, -0.25) is 0 Å². The van der Waals surface area contributed by atoms with Crippen LogP contribution < -0.4 is 5.32 Å². The maximum Gasteiger partial charge on any atom is 0.126 e. The lowest BCUT2D eigenvalue weighted by molar-refractivity contribution is 0.614. The number of hydrogen-bond acceptors (Lipinski definition) is 1. The third kappa shape index (κ3) is 2.70. The van der Waals surface area contributed by atoms with E-state index in [-0.39, 0.29) is 11.9 Å². The van der Waals surface area contributed by atoms with Crippen molar-refractivity contribution < 1.29 is 4.39 Å². The van der Waals surface area contributed by atoms with Crippen LogP contribution in [0, 0.1) is 19.7 Å². The maximum absolute atomic E-state index is 13.5. The minimum atomic E-state index is -0.147. The molecule has 2 aromatic carbocycles. The lowest BCUT2D eigenvalue weighted by Gasteiger charge is -2.17. The van der Waals surface area contributed by atoms with Crippen molar-refractivity contribution in [2.24, 2.45) is 0 Å². The molecule has 1 unspecified atom stereocenters. The van der Waals surface area contributed by atoms with Gasteiger partial charge in [-0.1, -0.05) is 30.3 Å². The van der Waals surface area contributed by atoms with E-state index in [2.05, 4.69) is 18.3 Å². The third-order valence-electron chi connectivity index (χ3n) is 3.21. The first kappa shape index (κ1) is 12.6. The first-order valence-electron chi connectivity index (χ1n) is 6.16. The van der Waals surface area contributed by atoms with Crippen LogP contribution in [0.5, 0.6) is 0 Å². The maximum atomic E-state index is 13.5. The minimum absolute atomic E-state index is 0.0844. The molecule has 0 saturated heterocycles. The Balaban J connectivity index is 2.19. The van der Waals surface area contributed by atoms with Crippen molar-refractivity contribution >= 4 is 5.69 Å². The van der Waals surface area contributed by atoms with E-state index in [9.17, 15) is 4.39 Å². The molecule has 2 rings (SSSR count). The van der Waals surface area contributed by atoms with Gasteiger partial charge in [0.05, 0.1) is 0 Å². The molecule has 0 aromatic heterocycles. The summed E-state index contributed by atoms with van der Waals surface area (Å²) in [5, 5.41) is 3.41. The molecule has 2 heteroatoms. The topological polar surface area (TPSA) is 12.0 Å². The zero-order valence-electron chi connectivity index (χ0n) is 11.0. The first-order chi connectivity index (χ1) is 8.58. The second-order valence-corrected chi connectivity index (χ2v) is 4.69. The highest BCUT2D eigenvalue weighted by Gasteiger charge is 2.08. The molecular weight excluding hydrogens is 225 g/mol. The molecule has 94 valence electrons. The van der Waals surface area contributed by atoms with Crippen LogP contribution in [-0.2, 0) is 0 Å². The van der Waals surface area contributed by atoms with Gasteiger partial charge in [-0.15, -0.1) is 0 Å². The lowest BCUT2D eigenvalue weighted by Crippen LogP contribution is -2.08. The van der Waals surface area contributed by atoms with Gasteiger partial charge in [-0.05, 0) is 49.6 Å². The van der Waals surface area contributed by atoms with E-state index in [1.807, 2.05) is 37.3 Å². The first-order valence-corrected chi connectivity index (χ1v) is 6.16. The Morgan fingerprint density at radius 1 is 1.00 bits per heavy atom. The minimum Gasteiger partial charge on any atom is -0.378 e. The van der Waals surface area contributed by atoms with Gasteiger partial charge in [0, 0.05) is 11.7 Å². The number of halogens is 1. The highest BCUT2D eigenvalue weighted by Crippen LogP contribution is 2.23. The third-order valence-corrected chi connectivity index (χ3v) is 3.21. The molecule has 0 spiro atoms. The Morgan fingerprint density at radius 2 is 1.72 bits per heavy atom. The van der Waals surface area contributed by atoms with Crippen molar-refractivity contribution in [1.29, 1.82) is 0 Å².